The zero-order chi connectivity index (χ0) is 21.1. The van der Waals surface area contributed by atoms with Gasteiger partial charge in [-0.15, -0.1) is 5.10 Å². The molecule has 1 aromatic heterocycles. The van der Waals surface area contributed by atoms with E-state index in [1.807, 2.05) is 6.07 Å². The van der Waals surface area contributed by atoms with E-state index in [0.29, 0.717) is 5.69 Å². The Labute approximate surface area is 160 Å². The first-order valence-corrected chi connectivity index (χ1v) is 7.84. The van der Waals surface area contributed by atoms with Gasteiger partial charge < -0.3 is 26.2 Å². The summed E-state index contributed by atoms with van der Waals surface area (Å²) in [5.74, 6) is -1.32. The molecule has 0 aliphatic carbocycles. The number of aliphatic carboxylic acids is 1. The number of aliphatic hydroxyl groups is 1. The zero-order valence-corrected chi connectivity index (χ0v) is 14.9. The van der Waals surface area contributed by atoms with Crippen LogP contribution in [0, 0.1) is 10.1 Å². The van der Waals surface area contributed by atoms with E-state index < -0.39 is 17.0 Å². The van der Waals surface area contributed by atoms with Gasteiger partial charge in [-0.2, -0.15) is 5.10 Å². The number of aliphatic hydroxyl groups excluding tert-OH is 1. The van der Waals surface area contributed by atoms with Crippen LogP contribution < -0.4 is 11.5 Å². The number of nitrogens with two attached hydrogens (primary N) is 2. The molecule has 2 rings (SSSR count). The molecule has 0 amide bonds. The van der Waals surface area contributed by atoms with E-state index in [4.69, 9.17) is 21.7 Å². The van der Waals surface area contributed by atoms with Gasteiger partial charge in [0.05, 0.1) is 4.92 Å². The standard InChI is InChI=1S/C14H14N6O2.C3H6O3/c15-14(16)18-17-9-3-5-11-6-4-10-19(11)12-7-1-2-8-13(12)20(21)22;1-2(4)3(5)6/h1-10H,(H4,15,16,18);2,4H,1H3,(H,5,6)/t;2-/m.0/s1. The molecule has 148 valence electrons. The molecule has 11 nitrogen and oxygen atoms in total. The Hall–Kier alpha value is -3.99. The van der Waals surface area contributed by atoms with E-state index >= 15 is 0 Å². The summed E-state index contributed by atoms with van der Waals surface area (Å²) in [5, 5.41) is 34.0. The quantitative estimate of drug-likeness (QED) is 0.247. The Balaban J connectivity index is 0.000000568. The van der Waals surface area contributed by atoms with E-state index in [9.17, 15) is 14.9 Å². The van der Waals surface area contributed by atoms with Crippen LogP contribution in [0.1, 0.15) is 12.6 Å². The molecule has 2 aromatic rings. The highest BCUT2D eigenvalue weighted by Crippen LogP contribution is 2.24. The predicted octanol–water partition coefficient (Wildman–Crippen LogP) is 1.11. The van der Waals surface area contributed by atoms with E-state index in [1.54, 1.807) is 47.2 Å². The van der Waals surface area contributed by atoms with Crippen molar-refractivity contribution < 1.29 is 19.9 Å². The SMILES string of the molecule is C[C@H](O)C(=O)O.NC(N)=NN=CC=Cc1cccn1-c1ccccc1[N+](=O)[O-]. The topological polar surface area (TPSA) is 182 Å². The van der Waals surface area contributed by atoms with Gasteiger partial charge in [-0.3, -0.25) is 10.1 Å². The third kappa shape index (κ3) is 7.09. The lowest BCUT2D eigenvalue weighted by molar-refractivity contribution is -0.384. The van der Waals surface area contributed by atoms with Crippen molar-refractivity contribution in [3.05, 3.63) is 64.5 Å². The van der Waals surface area contributed by atoms with Crippen LogP contribution in [0.2, 0.25) is 0 Å². The summed E-state index contributed by atoms with van der Waals surface area (Å²) in [4.78, 5) is 20.1. The molecule has 1 atom stereocenters. The molecule has 0 fully saturated rings. The average Bonchev–Trinajstić information content (AvgIpc) is 3.10. The first-order valence-electron chi connectivity index (χ1n) is 7.84. The number of aromatic nitrogens is 1. The van der Waals surface area contributed by atoms with Crippen LogP contribution in [0.5, 0.6) is 0 Å². The predicted molar refractivity (Wildman–Crippen MR) is 105 cm³/mol. The van der Waals surface area contributed by atoms with Crippen molar-refractivity contribution >= 4 is 29.9 Å². The van der Waals surface area contributed by atoms with Crippen molar-refractivity contribution in [2.75, 3.05) is 0 Å². The number of rotatable bonds is 6. The van der Waals surface area contributed by atoms with E-state index in [-0.39, 0.29) is 11.6 Å². The number of nitro groups is 1. The molecule has 6 N–H and O–H groups in total. The fourth-order valence-electron chi connectivity index (χ4n) is 1.85. The number of carbonyl (C=O) groups is 1. The summed E-state index contributed by atoms with van der Waals surface area (Å²) >= 11 is 0. The smallest absolute Gasteiger partial charge is 0.332 e. The molecule has 1 aromatic carbocycles. The summed E-state index contributed by atoms with van der Waals surface area (Å²) in [7, 11) is 0. The number of allylic oxidation sites excluding steroid dienone is 1. The molecular weight excluding hydrogens is 368 g/mol. The lowest BCUT2D eigenvalue weighted by Gasteiger charge is -2.06. The molecule has 1 heterocycles. The molecule has 0 saturated carbocycles. The van der Waals surface area contributed by atoms with Crippen LogP contribution in [0.3, 0.4) is 0 Å². The largest absolute Gasteiger partial charge is 0.479 e. The average molecular weight is 388 g/mol. The number of guanidine groups is 1. The van der Waals surface area contributed by atoms with E-state index in [0.717, 1.165) is 5.69 Å². The molecular formula is C17H20N6O5. The van der Waals surface area contributed by atoms with Gasteiger partial charge in [0.25, 0.3) is 5.69 Å². The van der Waals surface area contributed by atoms with Gasteiger partial charge in [0.1, 0.15) is 11.8 Å². The summed E-state index contributed by atoms with van der Waals surface area (Å²) in [6.07, 6.45) is 5.30. The summed E-state index contributed by atoms with van der Waals surface area (Å²) in [6.45, 7) is 1.20. The lowest BCUT2D eigenvalue weighted by atomic mass is 10.2. The van der Waals surface area contributed by atoms with E-state index in [1.165, 1.54) is 19.2 Å². The molecule has 0 radical (unpaired) electrons. The molecule has 0 aliphatic rings. The van der Waals surface area contributed by atoms with Gasteiger partial charge >= 0.3 is 5.97 Å². The van der Waals surface area contributed by atoms with Gasteiger partial charge in [-0.1, -0.05) is 12.1 Å². The number of nitro benzene ring substituents is 1. The maximum atomic E-state index is 11.1. The second-order valence-electron chi connectivity index (χ2n) is 5.21. The van der Waals surface area contributed by atoms with Crippen molar-refractivity contribution in [3.63, 3.8) is 0 Å². The van der Waals surface area contributed by atoms with Crippen LogP contribution in [-0.2, 0) is 4.79 Å². The first kappa shape index (κ1) is 22.1. The third-order valence-electron chi connectivity index (χ3n) is 3.07. The number of hydrogen-bond donors (Lipinski definition) is 4. The van der Waals surface area contributed by atoms with Crippen molar-refractivity contribution in [2.45, 2.75) is 13.0 Å². The Kier molecular flexibility index (Phi) is 8.57. The molecule has 0 saturated heterocycles. The van der Waals surface area contributed by atoms with Crippen LogP contribution in [0.15, 0.2) is 58.9 Å². The van der Waals surface area contributed by atoms with Gasteiger partial charge in [0, 0.05) is 24.2 Å². The molecule has 0 spiro atoms. The highest BCUT2D eigenvalue weighted by atomic mass is 16.6. The molecule has 0 unspecified atom stereocenters. The monoisotopic (exact) mass is 388 g/mol. The first-order chi connectivity index (χ1) is 13.2. The number of para-hydroxylation sites is 2. The summed E-state index contributed by atoms with van der Waals surface area (Å²) in [6, 6.07) is 10.1. The Bertz CT molecular complexity index is 897. The molecule has 28 heavy (non-hydrogen) atoms. The van der Waals surface area contributed by atoms with Gasteiger partial charge in [-0.25, -0.2) is 4.79 Å². The second kappa shape index (κ2) is 10.9. The number of benzene rings is 1. The summed E-state index contributed by atoms with van der Waals surface area (Å²) < 4.78 is 1.71. The lowest BCUT2D eigenvalue weighted by Crippen LogP contribution is -2.21. The third-order valence-corrected chi connectivity index (χ3v) is 3.07. The van der Waals surface area contributed by atoms with Crippen molar-refractivity contribution in [3.8, 4) is 5.69 Å². The minimum Gasteiger partial charge on any atom is -0.479 e. The minimum atomic E-state index is -1.23. The van der Waals surface area contributed by atoms with Crippen molar-refractivity contribution in [2.24, 2.45) is 21.7 Å². The maximum absolute atomic E-state index is 11.1. The number of carboxylic acids is 1. The fourth-order valence-corrected chi connectivity index (χ4v) is 1.85. The highest BCUT2D eigenvalue weighted by Gasteiger charge is 2.14. The van der Waals surface area contributed by atoms with E-state index in [2.05, 4.69) is 10.2 Å². The fraction of sp³-hybridized carbons (Fsp3) is 0.118. The number of hydrogen-bond acceptors (Lipinski definition) is 6. The van der Waals surface area contributed by atoms with Gasteiger partial charge in [0.15, 0.2) is 0 Å². The number of carboxylic acid groups (broad SMARTS) is 1. The second-order valence-corrected chi connectivity index (χ2v) is 5.21. The Morgan fingerprint density at radius 2 is 1.93 bits per heavy atom. The molecule has 11 heteroatoms. The Morgan fingerprint density at radius 3 is 2.50 bits per heavy atom. The number of nitrogens with zero attached hydrogens (tertiary/aromatic N) is 4. The maximum Gasteiger partial charge on any atom is 0.332 e. The normalized spacial score (nSPS) is 11.6. The van der Waals surface area contributed by atoms with Crippen LogP contribution in [-0.4, -0.2) is 44.0 Å². The minimum absolute atomic E-state index is 0.0301. The van der Waals surface area contributed by atoms with Gasteiger partial charge in [0.2, 0.25) is 5.96 Å². The zero-order valence-electron chi connectivity index (χ0n) is 14.9. The van der Waals surface area contributed by atoms with Crippen LogP contribution in [0.25, 0.3) is 11.8 Å². The van der Waals surface area contributed by atoms with Crippen LogP contribution in [0.4, 0.5) is 5.69 Å². The Morgan fingerprint density at radius 1 is 1.29 bits per heavy atom. The van der Waals surface area contributed by atoms with Crippen molar-refractivity contribution in [1.29, 1.82) is 0 Å². The summed E-state index contributed by atoms with van der Waals surface area (Å²) in [5.41, 5.74) is 11.5. The van der Waals surface area contributed by atoms with Gasteiger partial charge in [-0.05, 0) is 37.3 Å². The highest BCUT2D eigenvalue weighted by molar-refractivity contribution is 5.80. The molecule has 0 bridgehead atoms. The van der Waals surface area contributed by atoms with Crippen LogP contribution >= 0.6 is 0 Å². The molecule has 0 aliphatic heterocycles. The van der Waals surface area contributed by atoms with Crippen molar-refractivity contribution in [1.82, 2.24) is 4.57 Å².